The highest BCUT2D eigenvalue weighted by Gasteiger charge is 2.17. The molecule has 4 nitrogen and oxygen atoms in total. The molecule has 0 bridgehead atoms. The smallest absolute Gasteiger partial charge is 0.251 e. The standard InChI is InChI=1S/C21H35BrN2O2/c1-6-18(22)19(7-2)26-17-12-10-11-16(15-17)20(25)23-13-8-9-14-24-21(3,4)5/h10-12,15,18-19,24H,6-9,13-14H2,1-5H3,(H,23,25). The van der Waals surface area contributed by atoms with Crippen LogP contribution < -0.4 is 15.4 Å². The molecule has 2 unspecified atom stereocenters. The van der Waals surface area contributed by atoms with E-state index < -0.39 is 0 Å². The van der Waals surface area contributed by atoms with Crippen molar-refractivity contribution in [2.75, 3.05) is 13.1 Å². The summed E-state index contributed by atoms with van der Waals surface area (Å²) in [4.78, 5) is 12.7. The van der Waals surface area contributed by atoms with Gasteiger partial charge in [-0.25, -0.2) is 0 Å². The summed E-state index contributed by atoms with van der Waals surface area (Å²) in [6.45, 7) is 12.4. The Labute approximate surface area is 167 Å². The molecule has 1 aromatic rings. The fourth-order valence-electron chi connectivity index (χ4n) is 2.58. The van der Waals surface area contributed by atoms with E-state index >= 15 is 0 Å². The van der Waals surface area contributed by atoms with Crippen LogP contribution in [-0.2, 0) is 0 Å². The molecule has 1 amide bonds. The fourth-order valence-corrected chi connectivity index (χ4v) is 3.06. The number of nitrogens with one attached hydrogen (secondary N) is 2. The number of benzene rings is 1. The molecular weight excluding hydrogens is 392 g/mol. The molecule has 0 radical (unpaired) electrons. The highest BCUT2D eigenvalue weighted by molar-refractivity contribution is 9.09. The van der Waals surface area contributed by atoms with E-state index in [-0.39, 0.29) is 17.6 Å². The lowest BCUT2D eigenvalue weighted by atomic mass is 10.1. The second-order valence-electron chi connectivity index (χ2n) is 7.66. The average molecular weight is 427 g/mol. The predicted molar refractivity (Wildman–Crippen MR) is 113 cm³/mol. The largest absolute Gasteiger partial charge is 0.489 e. The van der Waals surface area contributed by atoms with Crippen molar-refractivity contribution in [1.29, 1.82) is 0 Å². The van der Waals surface area contributed by atoms with Crippen LogP contribution in [0.5, 0.6) is 5.75 Å². The Kier molecular flexibility index (Phi) is 10.3. The number of amides is 1. The molecule has 1 rings (SSSR count). The molecule has 0 fully saturated rings. The molecule has 0 saturated carbocycles. The molecule has 2 N–H and O–H groups in total. The fraction of sp³-hybridized carbons (Fsp3) is 0.667. The molecule has 148 valence electrons. The van der Waals surface area contributed by atoms with Gasteiger partial charge in [0.2, 0.25) is 0 Å². The minimum absolute atomic E-state index is 0.0434. The number of carbonyl (C=O) groups excluding carboxylic acids is 1. The zero-order valence-corrected chi connectivity index (χ0v) is 18.5. The molecule has 0 spiro atoms. The van der Waals surface area contributed by atoms with Crippen molar-refractivity contribution in [3.05, 3.63) is 29.8 Å². The van der Waals surface area contributed by atoms with Gasteiger partial charge in [-0.1, -0.05) is 35.8 Å². The second kappa shape index (κ2) is 11.6. The maximum absolute atomic E-state index is 12.3. The van der Waals surface area contributed by atoms with Gasteiger partial charge in [-0.2, -0.15) is 0 Å². The van der Waals surface area contributed by atoms with Crippen LogP contribution in [0.15, 0.2) is 24.3 Å². The van der Waals surface area contributed by atoms with Gasteiger partial charge in [-0.05, 0) is 71.2 Å². The molecule has 0 aliphatic carbocycles. The van der Waals surface area contributed by atoms with Crippen LogP contribution in [0.3, 0.4) is 0 Å². The zero-order chi connectivity index (χ0) is 19.6. The molecule has 0 aliphatic heterocycles. The molecule has 0 heterocycles. The van der Waals surface area contributed by atoms with E-state index in [2.05, 4.69) is 61.2 Å². The van der Waals surface area contributed by atoms with E-state index in [1.807, 2.05) is 24.3 Å². The van der Waals surface area contributed by atoms with Gasteiger partial charge in [0.15, 0.2) is 0 Å². The first kappa shape index (κ1) is 23.0. The van der Waals surface area contributed by atoms with Crippen LogP contribution in [0.2, 0.25) is 0 Å². The van der Waals surface area contributed by atoms with Crippen molar-refractivity contribution in [2.24, 2.45) is 0 Å². The van der Waals surface area contributed by atoms with Crippen molar-refractivity contribution < 1.29 is 9.53 Å². The first-order valence-electron chi connectivity index (χ1n) is 9.70. The van der Waals surface area contributed by atoms with Crippen LogP contribution in [0.25, 0.3) is 0 Å². The summed E-state index contributed by atoms with van der Waals surface area (Å²) in [5.74, 6) is 0.704. The Balaban J connectivity index is 2.45. The Hall–Kier alpha value is -1.07. The van der Waals surface area contributed by atoms with Gasteiger partial charge in [0, 0.05) is 17.6 Å². The van der Waals surface area contributed by atoms with Gasteiger partial charge in [0.05, 0.1) is 4.83 Å². The van der Waals surface area contributed by atoms with E-state index in [0.717, 1.165) is 38.0 Å². The first-order chi connectivity index (χ1) is 12.3. The zero-order valence-electron chi connectivity index (χ0n) is 16.9. The molecule has 26 heavy (non-hydrogen) atoms. The van der Waals surface area contributed by atoms with Crippen LogP contribution >= 0.6 is 15.9 Å². The maximum Gasteiger partial charge on any atom is 0.251 e. The van der Waals surface area contributed by atoms with Gasteiger partial charge >= 0.3 is 0 Å². The third kappa shape index (κ3) is 9.04. The Bertz CT molecular complexity index is 543. The van der Waals surface area contributed by atoms with Gasteiger partial charge in [0.25, 0.3) is 5.91 Å². The van der Waals surface area contributed by atoms with Crippen LogP contribution in [0.4, 0.5) is 0 Å². The van der Waals surface area contributed by atoms with Gasteiger partial charge in [-0.15, -0.1) is 0 Å². The number of carbonyl (C=O) groups is 1. The van der Waals surface area contributed by atoms with E-state index in [4.69, 9.17) is 4.74 Å². The average Bonchev–Trinajstić information content (AvgIpc) is 2.61. The second-order valence-corrected chi connectivity index (χ2v) is 8.83. The lowest BCUT2D eigenvalue weighted by Gasteiger charge is -2.22. The molecule has 1 aromatic carbocycles. The molecule has 0 aromatic heterocycles. The molecule has 0 saturated heterocycles. The van der Waals surface area contributed by atoms with Crippen molar-refractivity contribution in [3.63, 3.8) is 0 Å². The quantitative estimate of drug-likeness (QED) is 0.390. The number of ether oxygens (including phenoxy) is 1. The highest BCUT2D eigenvalue weighted by atomic mass is 79.9. The monoisotopic (exact) mass is 426 g/mol. The Morgan fingerprint density at radius 2 is 1.85 bits per heavy atom. The number of unbranched alkanes of at least 4 members (excludes halogenated alkanes) is 1. The number of halogens is 1. The van der Waals surface area contributed by atoms with E-state index in [1.165, 1.54) is 0 Å². The molecule has 0 aliphatic rings. The van der Waals surface area contributed by atoms with Gasteiger partial charge in [-0.3, -0.25) is 4.79 Å². The summed E-state index contributed by atoms with van der Waals surface area (Å²) in [5.41, 5.74) is 0.791. The van der Waals surface area contributed by atoms with Crippen LogP contribution in [0.1, 0.15) is 70.7 Å². The molecular formula is C21H35BrN2O2. The minimum atomic E-state index is -0.0434. The predicted octanol–water partition coefficient (Wildman–Crippen LogP) is 4.92. The summed E-state index contributed by atoms with van der Waals surface area (Å²) in [5, 5.41) is 6.45. The third-order valence-electron chi connectivity index (χ3n) is 4.12. The summed E-state index contributed by atoms with van der Waals surface area (Å²) in [6.07, 6.45) is 4.03. The number of hydrogen-bond acceptors (Lipinski definition) is 3. The lowest BCUT2D eigenvalue weighted by molar-refractivity contribution is 0.0952. The van der Waals surface area contributed by atoms with Crippen molar-refractivity contribution in [1.82, 2.24) is 10.6 Å². The normalized spacial score (nSPS) is 13.9. The van der Waals surface area contributed by atoms with Crippen molar-refractivity contribution in [2.45, 2.75) is 76.8 Å². The summed E-state index contributed by atoms with van der Waals surface area (Å²) >= 11 is 3.67. The van der Waals surface area contributed by atoms with Crippen molar-refractivity contribution >= 4 is 21.8 Å². The Morgan fingerprint density at radius 3 is 2.46 bits per heavy atom. The third-order valence-corrected chi connectivity index (χ3v) is 5.36. The summed E-state index contributed by atoms with van der Waals surface area (Å²) < 4.78 is 6.06. The SMILES string of the molecule is CCC(Br)C(CC)Oc1cccc(C(=O)NCCCCNC(C)(C)C)c1. The maximum atomic E-state index is 12.3. The van der Waals surface area contributed by atoms with Crippen LogP contribution in [0, 0.1) is 0 Å². The van der Waals surface area contributed by atoms with Crippen LogP contribution in [-0.4, -0.2) is 35.5 Å². The number of rotatable bonds is 11. The lowest BCUT2D eigenvalue weighted by Crippen LogP contribution is -2.36. The summed E-state index contributed by atoms with van der Waals surface area (Å²) in [7, 11) is 0. The minimum Gasteiger partial charge on any atom is -0.489 e. The first-order valence-corrected chi connectivity index (χ1v) is 10.6. The highest BCUT2D eigenvalue weighted by Crippen LogP contribution is 2.21. The summed E-state index contributed by atoms with van der Waals surface area (Å²) in [6, 6.07) is 7.44. The molecule has 2 atom stereocenters. The topological polar surface area (TPSA) is 50.4 Å². The number of alkyl halides is 1. The van der Waals surface area contributed by atoms with E-state index in [0.29, 0.717) is 16.9 Å². The van der Waals surface area contributed by atoms with E-state index in [1.54, 1.807) is 0 Å². The van der Waals surface area contributed by atoms with E-state index in [9.17, 15) is 4.79 Å². The number of hydrogen-bond donors (Lipinski definition) is 2. The molecule has 5 heteroatoms. The van der Waals surface area contributed by atoms with Crippen molar-refractivity contribution in [3.8, 4) is 5.75 Å². The van der Waals surface area contributed by atoms with Gasteiger partial charge in [0.1, 0.15) is 11.9 Å². The van der Waals surface area contributed by atoms with Gasteiger partial charge < -0.3 is 15.4 Å². The Morgan fingerprint density at radius 1 is 1.15 bits per heavy atom.